The molecule has 3 heterocycles. The number of halogens is 2. The molecule has 2 aromatic carbocycles. The molecule has 9 heteroatoms. The SMILES string of the molecule is COc1ccc2nc(-n3nc(C)c4c3NC(=O)C[C@@H]4c3cc(F)ccc3F)sc2c1. The van der Waals surface area contributed by atoms with Crippen LogP contribution < -0.4 is 10.1 Å². The zero-order chi connectivity index (χ0) is 21.0. The predicted octanol–water partition coefficient (Wildman–Crippen LogP) is 4.55. The Morgan fingerprint density at radius 1 is 1.23 bits per heavy atom. The number of fused-ring (bicyclic) bond motifs is 2. The molecular weight excluding hydrogens is 410 g/mol. The lowest BCUT2D eigenvalue weighted by Gasteiger charge is -2.24. The maximum absolute atomic E-state index is 14.5. The maximum Gasteiger partial charge on any atom is 0.226 e. The van der Waals surface area contributed by atoms with Crippen molar-refractivity contribution in [2.45, 2.75) is 19.3 Å². The summed E-state index contributed by atoms with van der Waals surface area (Å²) < 4.78 is 36.0. The Bertz CT molecular complexity index is 1310. The minimum absolute atomic E-state index is 0.0109. The van der Waals surface area contributed by atoms with Gasteiger partial charge in [-0.15, -0.1) is 0 Å². The third-order valence-electron chi connectivity index (χ3n) is 5.20. The molecule has 1 atom stereocenters. The first kappa shape index (κ1) is 18.7. The van der Waals surface area contributed by atoms with E-state index in [1.807, 2.05) is 18.2 Å². The van der Waals surface area contributed by atoms with Crippen LogP contribution in [0.3, 0.4) is 0 Å². The Balaban J connectivity index is 1.67. The molecule has 0 radical (unpaired) electrons. The summed E-state index contributed by atoms with van der Waals surface area (Å²) in [5.41, 5.74) is 2.20. The molecular formula is C21H16F2N4O2S. The van der Waals surface area contributed by atoms with Crippen LogP contribution in [-0.4, -0.2) is 27.8 Å². The van der Waals surface area contributed by atoms with Crippen LogP contribution in [0.4, 0.5) is 14.6 Å². The number of benzene rings is 2. The van der Waals surface area contributed by atoms with E-state index in [0.29, 0.717) is 28.0 Å². The van der Waals surface area contributed by atoms with Crippen LogP contribution in [0.25, 0.3) is 15.3 Å². The van der Waals surface area contributed by atoms with Gasteiger partial charge in [-0.25, -0.2) is 13.8 Å². The minimum atomic E-state index is -0.632. The summed E-state index contributed by atoms with van der Waals surface area (Å²) in [6, 6.07) is 8.83. The summed E-state index contributed by atoms with van der Waals surface area (Å²) in [6.07, 6.45) is 0.0109. The van der Waals surface area contributed by atoms with E-state index in [2.05, 4.69) is 15.4 Å². The lowest BCUT2D eigenvalue weighted by atomic mass is 9.85. The number of hydrogen-bond donors (Lipinski definition) is 1. The Kier molecular flexibility index (Phi) is 4.28. The van der Waals surface area contributed by atoms with Crippen molar-refractivity contribution in [3.8, 4) is 10.9 Å². The van der Waals surface area contributed by atoms with Gasteiger partial charge < -0.3 is 10.1 Å². The second kappa shape index (κ2) is 6.88. The fourth-order valence-electron chi connectivity index (χ4n) is 3.84. The molecule has 1 aliphatic heterocycles. The summed E-state index contributed by atoms with van der Waals surface area (Å²) in [5, 5.41) is 7.96. The fourth-order valence-corrected chi connectivity index (χ4v) is 4.80. The number of thiazole rings is 1. The van der Waals surface area contributed by atoms with Crippen LogP contribution in [0.2, 0.25) is 0 Å². The third kappa shape index (κ3) is 2.93. The van der Waals surface area contributed by atoms with Crippen LogP contribution in [0.1, 0.15) is 29.2 Å². The second-order valence-corrected chi connectivity index (χ2v) is 8.07. The first-order chi connectivity index (χ1) is 14.4. The topological polar surface area (TPSA) is 69.0 Å². The standard InChI is InChI=1S/C21H16F2N4O2S/c1-10-19-14(13-7-11(22)3-5-15(13)23)9-18(28)25-20(19)27(26-10)21-24-16-6-4-12(29-2)8-17(16)30-21/h3-8,14H,9H2,1-2H3,(H,25,28)/t14-/m1/s1. The average molecular weight is 426 g/mol. The number of nitrogens with zero attached hydrogens (tertiary/aromatic N) is 3. The number of ether oxygens (including phenoxy) is 1. The van der Waals surface area contributed by atoms with Gasteiger partial charge in [-0.2, -0.15) is 9.78 Å². The largest absolute Gasteiger partial charge is 0.497 e. The highest BCUT2D eigenvalue weighted by Gasteiger charge is 2.34. The number of hydrogen-bond acceptors (Lipinski definition) is 5. The van der Waals surface area contributed by atoms with Gasteiger partial charge in [-0.3, -0.25) is 4.79 Å². The molecule has 4 aromatic rings. The van der Waals surface area contributed by atoms with E-state index >= 15 is 0 Å². The fraction of sp³-hybridized carbons (Fsp3) is 0.190. The number of amides is 1. The van der Waals surface area contributed by atoms with Gasteiger partial charge in [0.25, 0.3) is 0 Å². The Labute approximate surface area is 174 Å². The summed E-state index contributed by atoms with van der Waals surface area (Å²) in [5.74, 6) is -0.882. The van der Waals surface area contributed by atoms with Gasteiger partial charge in [0.15, 0.2) is 0 Å². The van der Waals surface area contributed by atoms with Gasteiger partial charge in [0.05, 0.1) is 23.0 Å². The van der Waals surface area contributed by atoms with Gasteiger partial charge in [0.2, 0.25) is 11.0 Å². The van der Waals surface area contributed by atoms with Crippen molar-refractivity contribution in [2.75, 3.05) is 12.4 Å². The minimum Gasteiger partial charge on any atom is -0.497 e. The maximum atomic E-state index is 14.5. The predicted molar refractivity (Wildman–Crippen MR) is 109 cm³/mol. The lowest BCUT2D eigenvalue weighted by molar-refractivity contribution is -0.116. The molecule has 2 aromatic heterocycles. The van der Waals surface area contributed by atoms with E-state index in [9.17, 15) is 13.6 Å². The highest BCUT2D eigenvalue weighted by Crippen LogP contribution is 2.42. The van der Waals surface area contributed by atoms with Gasteiger partial charge in [0, 0.05) is 17.9 Å². The number of anilines is 1. The van der Waals surface area contributed by atoms with Gasteiger partial charge >= 0.3 is 0 Å². The zero-order valence-electron chi connectivity index (χ0n) is 16.1. The van der Waals surface area contributed by atoms with Crippen molar-refractivity contribution >= 4 is 33.3 Å². The van der Waals surface area contributed by atoms with Gasteiger partial charge in [-0.05, 0) is 48.9 Å². The van der Waals surface area contributed by atoms with E-state index in [4.69, 9.17) is 4.74 Å². The molecule has 0 aliphatic carbocycles. The summed E-state index contributed by atoms with van der Waals surface area (Å²) in [7, 11) is 1.59. The molecule has 6 nitrogen and oxygen atoms in total. The average Bonchev–Trinajstić information content (AvgIpc) is 3.29. The highest BCUT2D eigenvalue weighted by molar-refractivity contribution is 7.20. The molecule has 0 spiro atoms. The smallest absolute Gasteiger partial charge is 0.226 e. The number of rotatable bonds is 3. The number of carbonyl (C=O) groups excluding carboxylic acids is 1. The molecule has 1 amide bonds. The van der Waals surface area contributed by atoms with Crippen molar-refractivity contribution < 1.29 is 18.3 Å². The van der Waals surface area contributed by atoms with Crippen LogP contribution in [0.5, 0.6) is 5.75 Å². The van der Waals surface area contributed by atoms with E-state index in [-0.39, 0.29) is 17.9 Å². The summed E-state index contributed by atoms with van der Waals surface area (Å²) >= 11 is 1.39. The number of aryl methyl sites for hydroxylation is 1. The Hall–Kier alpha value is -3.33. The molecule has 152 valence electrons. The quantitative estimate of drug-likeness (QED) is 0.522. The Morgan fingerprint density at radius 2 is 2.07 bits per heavy atom. The number of methoxy groups -OCH3 is 1. The van der Waals surface area contributed by atoms with Crippen LogP contribution in [-0.2, 0) is 4.79 Å². The van der Waals surface area contributed by atoms with E-state index in [1.54, 1.807) is 18.7 Å². The van der Waals surface area contributed by atoms with Crippen molar-refractivity contribution in [1.29, 1.82) is 0 Å². The summed E-state index contributed by atoms with van der Waals surface area (Å²) in [6.45, 7) is 1.79. The Morgan fingerprint density at radius 3 is 2.87 bits per heavy atom. The summed E-state index contributed by atoms with van der Waals surface area (Å²) in [4.78, 5) is 17.1. The lowest BCUT2D eigenvalue weighted by Crippen LogP contribution is -2.25. The first-order valence-corrected chi connectivity index (χ1v) is 10.1. The number of nitrogens with one attached hydrogen (secondary N) is 1. The van der Waals surface area contributed by atoms with Crippen LogP contribution >= 0.6 is 11.3 Å². The van der Waals surface area contributed by atoms with Crippen molar-refractivity contribution in [3.05, 3.63) is 64.9 Å². The van der Waals surface area contributed by atoms with E-state index in [1.165, 1.54) is 11.3 Å². The molecule has 0 unspecified atom stereocenters. The molecule has 5 rings (SSSR count). The van der Waals surface area contributed by atoms with Gasteiger partial charge in [0.1, 0.15) is 23.2 Å². The molecule has 0 fully saturated rings. The molecule has 30 heavy (non-hydrogen) atoms. The normalized spacial score (nSPS) is 15.9. The van der Waals surface area contributed by atoms with E-state index < -0.39 is 17.6 Å². The first-order valence-electron chi connectivity index (χ1n) is 9.24. The van der Waals surface area contributed by atoms with Crippen molar-refractivity contribution in [3.63, 3.8) is 0 Å². The van der Waals surface area contributed by atoms with Gasteiger partial charge in [-0.1, -0.05) is 11.3 Å². The van der Waals surface area contributed by atoms with Crippen LogP contribution in [0.15, 0.2) is 36.4 Å². The van der Waals surface area contributed by atoms with Crippen molar-refractivity contribution in [2.24, 2.45) is 0 Å². The molecule has 1 aliphatic rings. The monoisotopic (exact) mass is 426 g/mol. The molecule has 0 bridgehead atoms. The molecule has 0 saturated heterocycles. The second-order valence-electron chi connectivity index (χ2n) is 7.06. The third-order valence-corrected chi connectivity index (χ3v) is 6.20. The van der Waals surface area contributed by atoms with E-state index in [0.717, 1.165) is 28.4 Å². The number of carbonyl (C=O) groups is 1. The molecule has 1 N–H and O–H groups in total. The van der Waals surface area contributed by atoms with Crippen LogP contribution in [0, 0.1) is 18.6 Å². The molecule has 0 saturated carbocycles. The highest BCUT2D eigenvalue weighted by atomic mass is 32.1. The zero-order valence-corrected chi connectivity index (χ0v) is 16.9. The van der Waals surface area contributed by atoms with Crippen molar-refractivity contribution in [1.82, 2.24) is 14.8 Å². The number of aromatic nitrogens is 3.